The van der Waals surface area contributed by atoms with Crippen LogP contribution < -0.4 is 10.6 Å². The van der Waals surface area contributed by atoms with Crippen molar-refractivity contribution in [3.63, 3.8) is 0 Å². The highest BCUT2D eigenvalue weighted by molar-refractivity contribution is 5.95. The van der Waals surface area contributed by atoms with Gasteiger partial charge in [0.1, 0.15) is 6.10 Å². The summed E-state index contributed by atoms with van der Waals surface area (Å²) in [6.07, 6.45) is -0.953. The molecule has 1 aromatic carbocycles. The van der Waals surface area contributed by atoms with E-state index in [1.165, 1.54) is 6.92 Å². The summed E-state index contributed by atoms with van der Waals surface area (Å²) in [7, 11) is 0. The molecule has 2 atom stereocenters. The van der Waals surface area contributed by atoms with E-state index in [0.717, 1.165) is 0 Å². The zero-order chi connectivity index (χ0) is 15.4. The van der Waals surface area contributed by atoms with E-state index in [0.29, 0.717) is 24.2 Å². The molecular weight excluding hydrogens is 276 g/mol. The largest absolute Gasteiger partial charge is 0.479 e. The van der Waals surface area contributed by atoms with Crippen LogP contribution in [-0.2, 0) is 19.1 Å². The number of carbonyl (C=O) groups excluding carboxylic acids is 2. The Hall–Kier alpha value is -2.41. The summed E-state index contributed by atoms with van der Waals surface area (Å²) in [5, 5.41) is 14.1. The number of hydrogen-bond acceptors (Lipinski definition) is 4. The molecule has 0 spiro atoms. The highest BCUT2D eigenvalue weighted by Gasteiger charge is 2.34. The van der Waals surface area contributed by atoms with E-state index < -0.39 is 18.2 Å². The van der Waals surface area contributed by atoms with E-state index in [2.05, 4.69) is 10.6 Å². The smallest absolute Gasteiger partial charge is 0.332 e. The van der Waals surface area contributed by atoms with Gasteiger partial charge in [-0.25, -0.2) is 4.79 Å². The average Bonchev–Trinajstić information content (AvgIpc) is 2.90. The summed E-state index contributed by atoms with van der Waals surface area (Å²) < 4.78 is 5.16. The van der Waals surface area contributed by atoms with Crippen LogP contribution in [-0.4, -0.2) is 35.1 Å². The minimum absolute atomic E-state index is 0.175. The lowest BCUT2D eigenvalue weighted by Crippen LogP contribution is -2.29. The van der Waals surface area contributed by atoms with Crippen molar-refractivity contribution in [2.24, 2.45) is 0 Å². The van der Waals surface area contributed by atoms with E-state index in [9.17, 15) is 14.4 Å². The molecule has 0 aliphatic carbocycles. The van der Waals surface area contributed by atoms with Crippen LogP contribution in [0.2, 0.25) is 0 Å². The van der Waals surface area contributed by atoms with Gasteiger partial charge in [0.15, 0.2) is 6.10 Å². The maximum Gasteiger partial charge on any atom is 0.332 e. The molecule has 1 fully saturated rings. The van der Waals surface area contributed by atoms with Crippen molar-refractivity contribution in [1.82, 2.24) is 0 Å². The zero-order valence-electron chi connectivity index (χ0n) is 11.5. The number of rotatable bonds is 4. The highest BCUT2D eigenvalue weighted by atomic mass is 16.5. The lowest BCUT2D eigenvalue weighted by Gasteiger charge is -2.12. The van der Waals surface area contributed by atoms with Crippen molar-refractivity contribution in [3.8, 4) is 0 Å². The number of amides is 2. The normalized spacial score (nSPS) is 20.8. The Labute approximate surface area is 121 Å². The zero-order valence-corrected chi connectivity index (χ0v) is 11.5. The molecule has 112 valence electrons. The summed E-state index contributed by atoms with van der Waals surface area (Å²) in [5.74, 6) is -1.60. The minimum atomic E-state index is -1.05. The Kier molecular flexibility index (Phi) is 4.54. The van der Waals surface area contributed by atoms with Crippen LogP contribution in [0.3, 0.4) is 0 Å². The average molecular weight is 292 g/mol. The molecule has 3 N–H and O–H groups in total. The number of nitrogens with one attached hydrogen (secondary N) is 2. The Morgan fingerprint density at radius 3 is 2.05 bits per heavy atom. The number of carboxylic acids is 1. The molecule has 1 aliphatic heterocycles. The molecule has 0 aromatic heterocycles. The third-order valence-electron chi connectivity index (χ3n) is 3.06. The van der Waals surface area contributed by atoms with Crippen molar-refractivity contribution in [1.29, 1.82) is 0 Å². The fourth-order valence-corrected chi connectivity index (χ4v) is 2.07. The molecule has 0 saturated carbocycles. The second-order valence-corrected chi connectivity index (χ2v) is 4.78. The van der Waals surface area contributed by atoms with Gasteiger partial charge in [-0.3, -0.25) is 9.59 Å². The van der Waals surface area contributed by atoms with Crippen molar-refractivity contribution in [2.45, 2.75) is 32.0 Å². The third-order valence-corrected chi connectivity index (χ3v) is 3.06. The van der Waals surface area contributed by atoms with Crippen LogP contribution in [0.5, 0.6) is 0 Å². The topological polar surface area (TPSA) is 105 Å². The van der Waals surface area contributed by atoms with Gasteiger partial charge in [-0.1, -0.05) is 0 Å². The summed E-state index contributed by atoms with van der Waals surface area (Å²) in [6, 6.07) is 6.61. The molecule has 2 rings (SSSR count). The Morgan fingerprint density at radius 2 is 1.57 bits per heavy atom. The van der Waals surface area contributed by atoms with E-state index >= 15 is 0 Å². The molecular formula is C14H16N2O5. The molecule has 0 bridgehead atoms. The number of carbonyl (C=O) groups is 3. The van der Waals surface area contributed by atoms with Gasteiger partial charge in [0.05, 0.1) is 0 Å². The second-order valence-electron chi connectivity index (χ2n) is 4.78. The molecule has 21 heavy (non-hydrogen) atoms. The first-order chi connectivity index (χ1) is 9.95. The fourth-order valence-electron chi connectivity index (χ4n) is 2.07. The monoisotopic (exact) mass is 292 g/mol. The molecule has 1 aromatic rings. The van der Waals surface area contributed by atoms with Crippen LogP contribution in [0, 0.1) is 0 Å². The predicted molar refractivity (Wildman–Crippen MR) is 74.9 cm³/mol. The van der Waals surface area contributed by atoms with E-state index in [1.807, 2.05) is 0 Å². The van der Waals surface area contributed by atoms with Crippen molar-refractivity contribution < 1.29 is 24.2 Å². The van der Waals surface area contributed by atoms with Crippen LogP contribution >= 0.6 is 0 Å². The minimum Gasteiger partial charge on any atom is -0.479 e. The molecule has 1 heterocycles. The Balaban J connectivity index is 1.91. The molecule has 7 heteroatoms. The van der Waals surface area contributed by atoms with Gasteiger partial charge in [-0.15, -0.1) is 0 Å². The first-order valence-corrected chi connectivity index (χ1v) is 6.52. The van der Waals surface area contributed by atoms with Crippen LogP contribution in [0.25, 0.3) is 0 Å². The fraction of sp³-hybridized carbons (Fsp3) is 0.357. The van der Waals surface area contributed by atoms with Crippen LogP contribution in [0.4, 0.5) is 11.4 Å². The van der Waals surface area contributed by atoms with E-state index in [4.69, 9.17) is 9.84 Å². The molecule has 1 aliphatic rings. The van der Waals surface area contributed by atoms with Crippen LogP contribution in [0.15, 0.2) is 24.3 Å². The molecule has 7 nitrogen and oxygen atoms in total. The van der Waals surface area contributed by atoms with Crippen molar-refractivity contribution in [2.75, 3.05) is 10.6 Å². The predicted octanol–water partition coefficient (Wildman–Crippen LogP) is 1.22. The first-order valence-electron chi connectivity index (χ1n) is 6.52. The summed E-state index contributed by atoms with van der Waals surface area (Å²) in [6.45, 7) is 1.41. The number of anilines is 2. The molecule has 0 radical (unpaired) electrons. The number of ether oxygens (including phenoxy) is 1. The number of hydrogen-bond donors (Lipinski definition) is 3. The number of benzene rings is 1. The van der Waals surface area contributed by atoms with E-state index in [-0.39, 0.29) is 11.8 Å². The summed E-state index contributed by atoms with van der Waals surface area (Å²) in [5.41, 5.74) is 1.18. The van der Waals surface area contributed by atoms with Gasteiger partial charge >= 0.3 is 5.97 Å². The quantitative estimate of drug-likeness (QED) is 0.773. The lowest BCUT2D eigenvalue weighted by atomic mass is 10.2. The standard InChI is InChI=1S/C14H16N2O5/c1-8(17)15-9-2-4-10(5-3-9)16-13(18)11-6-7-12(21-11)14(19)20/h2-5,11-12H,6-7H2,1H3,(H,15,17)(H,16,18)(H,19,20)/t11-,12+/m0/s1. The Bertz CT molecular complexity index is 555. The first kappa shape index (κ1) is 15.0. The highest BCUT2D eigenvalue weighted by Crippen LogP contribution is 2.22. The lowest BCUT2D eigenvalue weighted by molar-refractivity contribution is -0.150. The summed E-state index contributed by atoms with van der Waals surface area (Å²) in [4.78, 5) is 33.6. The van der Waals surface area contributed by atoms with Gasteiger partial charge in [-0.2, -0.15) is 0 Å². The van der Waals surface area contributed by atoms with Gasteiger partial charge in [0, 0.05) is 18.3 Å². The number of aliphatic carboxylic acids is 1. The molecule has 0 unspecified atom stereocenters. The van der Waals surface area contributed by atoms with Gasteiger partial charge in [0.25, 0.3) is 5.91 Å². The third kappa shape index (κ3) is 4.03. The van der Waals surface area contributed by atoms with Crippen molar-refractivity contribution >= 4 is 29.2 Å². The van der Waals surface area contributed by atoms with Gasteiger partial charge in [-0.05, 0) is 37.1 Å². The maximum absolute atomic E-state index is 11.9. The van der Waals surface area contributed by atoms with Gasteiger partial charge < -0.3 is 20.5 Å². The SMILES string of the molecule is CC(=O)Nc1ccc(NC(=O)[C@@H]2CC[C@H](C(=O)O)O2)cc1. The molecule has 2 amide bonds. The van der Waals surface area contributed by atoms with E-state index in [1.54, 1.807) is 24.3 Å². The van der Waals surface area contributed by atoms with Crippen LogP contribution in [0.1, 0.15) is 19.8 Å². The summed E-state index contributed by atoms with van der Waals surface area (Å²) >= 11 is 0. The van der Waals surface area contributed by atoms with Crippen molar-refractivity contribution in [3.05, 3.63) is 24.3 Å². The maximum atomic E-state index is 11.9. The Morgan fingerprint density at radius 1 is 1.05 bits per heavy atom. The van der Waals surface area contributed by atoms with Gasteiger partial charge in [0.2, 0.25) is 5.91 Å². The molecule has 1 saturated heterocycles. The second kappa shape index (κ2) is 6.36. The number of carboxylic acid groups (broad SMARTS) is 1.